The molecule has 1 fully saturated rings. The van der Waals surface area contributed by atoms with E-state index in [1.807, 2.05) is 0 Å². The Labute approximate surface area is 104 Å². The van der Waals surface area contributed by atoms with Crippen LogP contribution in [0.3, 0.4) is 0 Å². The van der Waals surface area contributed by atoms with Gasteiger partial charge in [-0.15, -0.1) is 13.2 Å². The molecule has 2 rings (SSSR count). The zero-order valence-corrected chi connectivity index (χ0v) is 9.35. The van der Waals surface area contributed by atoms with Gasteiger partial charge in [-0.3, -0.25) is 0 Å². The van der Waals surface area contributed by atoms with Crippen LogP contribution in [0.15, 0.2) is 24.3 Å². The molecule has 0 amide bonds. The maximum absolute atomic E-state index is 12.8. The molecular weight excluding hydrogens is 276 g/mol. The third-order valence-electron chi connectivity index (χ3n) is 2.67. The lowest BCUT2D eigenvalue weighted by Gasteiger charge is -2.20. The number of alkyl halides is 6. The van der Waals surface area contributed by atoms with Crippen LogP contribution in [0.4, 0.5) is 26.3 Å². The average Bonchev–Trinajstić information content (AvgIpc) is 3.01. The number of halogens is 6. The van der Waals surface area contributed by atoms with Gasteiger partial charge in [0.2, 0.25) is 0 Å². The minimum Gasteiger partial charge on any atom is -0.406 e. The van der Waals surface area contributed by atoms with Gasteiger partial charge >= 0.3 is 12.5 Å². The number of hydrogen-bond donors (Lipinski definition) is 1. The average molecular weight is 285 g/mol. The fourth-order valence-electron chi connectivity index (χ4n) is 1.83. The first kappa shape index (κ1) is 14.0. The van der Waals surface area contributed by atoms with Crippen LogP contribution in [-0.2, 0) is 0 Å². The second kappa shape index (κ2) is 4.59. The van der Waals surface area contributed by atoms with Crippen LogP contribution < -0.4 is 10.1 Å². The quantitative estimate of drug-likeness (QED) is 0.683. The summed E-state index contributed by atoms with van der Waals surface area (Å²) in [6, 6.07) is 3.04. The normalized spacial score (nSPS) is 21.1. The van der Waals surface area contributed by atoms with Gasteiger partial charge in [-0.25, -0.2) is 0 Å². The number of nitrogens with one attached hydrogen (secondary N) is 1. The van der Waals surface area contributed by atoms with Crippen molar-refractivity contribution in [2.75, 3.05) is 6.54 Å². The molecule has 8 heteroatoms. The molecule has 106 valence electrons. The predicted molar refractivity (Wildman–Crippen MR) is 53.7 cm³/mol. The highest BCUT2D eigenvalue weighted by Gasteiger charge is 2.49. The molecule has 0 aliphatic carbocycles. The molecule has 0 radical (unpaired) electrons. The van der Waals surface area contributed by atoms with Crippen molar-refractivity contribution in [3.8, 4) is 5.75 Å². The second-order valence-electron chi connectivity index (χ2n) is 4.15. The maximum Gasteiger partial charge on any atom is 0.573 e. The molecule has 0 spiro atoms. The number of rotatable bonds is 3. The standard InChI is InChI=1S/C11H9F6NO/c12-10(13,14)9(8-5-18-8)6-1-3-7(4-2-6)19-11(15,16)17/h1-4,8-9,18H,5H2. The molecule has 1 saturated heterocycles. The van der Waals surface area contributed by atoms with Crippen LogP contribution in [0.25, 0.3) is 0 Å². The van der Waals surface area contributed by atoms with E-state index in [1.165, 1.54) is 0 Å². The van der Waals surface area contributed by atoms with Gasteiger partial charge < -0.3 is 10.1 Å². The highest BCUT2D eigenvalue weighted by Crippen LogP contribution is 2.40. The van der Waals surface area contributed by atoms with Crippen LogP contribution in [0.5, 0.6) is 5.75 Å². The zero-order chi connectivity index (χ0) is 14.3. The van der Waals surface area contributed by atoms with Crippen molar-refractivity contribution in [2.45, 2.75) is 24.5 Å². The van der Waals surface area contributed by atoms with E-state index in [0.29, 0.717) is 0 Å². The summed E-state index contributed by atoms with van der Waals surface area (Å²) < 4.78 is 77.8. The van der Waals surface area contributed by atoms with Crippen LogP contribution in [0.2, 0.25) is 0 Å². The van der Waals surface area contributed by atoms with E-state index in [2.05, 4.69) is 10.1 Å². The van der Waals surface area contributed by atoms with Crippen molar-refractivity contribution in [3.05, 3.63) is 29.8 Å². The smallest absolute Gasteiger partial charge is 0.406 e. The Morgan fingerprint density at radius 1 is 1.05 bits per heavy atom. The number of benzene rings is 1. The largest absolute Gasteiger partial charge is 0.573 e. The molecule has 0 bridgehead atoms. The highest BCUT2D eigenvalue weighted by atomic mass is 19.4. The minimum absolute atomic E-state index is 0.0861. The summed E-state index contributed by atoms with van der Waals surface area (Å²) in [6.45, 7) is 0.241. The van der Waals surface area contributed by atoms with Crippen molar-refractivity contribution >= 4 is 0 Å². The van der Waals surface area contributed by atoms with E-state index in [-0.39, 0.29) is 12.1 Å². The lowest BCUT2D eigenvalue weighted by atomic mass is 9.95. The molecule has 1 aromatic rings. The van der Waals surface area contributed by atoms with Gasteiger partial charge in [0.1, 0.15) is 5.75 Å². The van der Waals surface area contributed by atoms with Gasteiger partial charge in [0.15, 0.2) is 0 Å². The van der Waals surface area contributed by atoms with Gasteiger partial charge in [0.25, 0.3) is 0 Å². The summed E-state index contributed by atoms with van der Waals surface area (Å²) >= 11 is 0. The first-order valence-corrected chi connectivity index (χ1v) is 5.32. The van der Waals surface area contributed by atoms with Gasteiger partial charge in [-0.1, -0.05) is 12.1 Å². The monoisotopic (exact) mass is 285 g/mol. The van der Waals surface area contributed by atoms with Crippen molar-refractivity contribution in [3.63, 3.8) is 0 Å². The fraction of sp³-hybridized carbons (Fsp3) is 0.455. The van der Waals surface area contributed by atoms with Crippen LogP contribution in [0, 0.1) is 0 Å². The molecule has 1 heterocycles. The molecule has 2 unspecified atom stereocenters. The molecule has 1 aliphatic heterocycles. The topological polar surface area (TPSA) is 31.2 Å². The first-order chi connectivity index (χ1) is 8.67. The van der Waals surface area contributed by atoms with Crippen molar-refractivity contribution < 1.29 is 31.1 Å². The molecule has 1 aliphatic rings. The highest BCUT2D eigenvalue weighted by molar-refractivity contribution is 5.32. The Balaban J connectivity index is 2.17. The van der Waals surface area contributed by atoms with Crippen LogP contribution >= 0.6 is 0 Å². The Morgan fingerprint density at radius 3 is 1.95 bits per heavy atom. The fourth-order valence-corrected chi connectivity index (χ4v) is 1.83. The number of ether oxygens (including phenoxy) is 1. The van der Waals surface area contributed by atoms with E-state index >= 15 is 0 Å². The minimum atomic E-state index is -4.86. The van der Waals surface area contributed by atoms with Crippen LogP contribution in [0.1, 0.15) is 11.5 Å². The third kappa shape index (κ3) is 3.76. The SMILES string of the molecule is FC(F)(F)Oc1ccc(C(C2CN2)C(F)(F)F)cc1. The second-order valence-corrected chi connectivity index (χ2v) is 4.15. The summed E-state index contributed by atoms with van der Waals surface area (Å²) in [4.78, 5) is 0. The Kier molecular flexibility index (Phi) is 3.38. The van der Waals surface area contributed by atoms with Crippen LogP contribution in [-0.4, -0.2) is 25.1 Å². The Morgan fingerprint density at radius 2 is 1.58 bits per heavy atom. The van der Waals surface area contributed by atoms with E-state index in [1.54, 1.807) is 0 Å². The summed E-state index contributed by atoms with van der Waals surface area (Å²) in [5.41, 5.74) is -0.0861. The van der Waals surface area contributed by atoms with Gasteiger partial charge in [-0.05, 0) is 17.7 Å². The molecule has 2 nitrogen and oxygen atoms in total. The van der Waals surface area contributed by atoms with Crippen molar-refractivity contribution in [1.82, 2.24) is 5.32 Å². The summed E-state index contributed by atoms with van der Waals surface area (Å²) in [6.07, 6.45) is -9.30. The van der Waals surface area contributed by atoms with E-state index < -0.39 is 30.2 Å². The predicted octanol–water partition coefficient (Wildman–Crippen LogP) is 3.20. The Hall–Kier alpha value is -1.44. The molecule has 19 heavy (non-hydrogen) atoms. The van der Waals surface area contributed by atoms with E-state index in [9.17, 15) is 26.3 Å². The molecule has 2 atom stereocenters. The molecule has 1 N–H and O–H groups in total. The van der Waals surface area contributed by atoms with E-state index in [4.69, 9.17) is 0 Å². The molecule has 0 aromatic heterocycles. The third-order valence-corrected chi connectivity index (χ3v) is 2.67. The molecule has 0 saturated carbocycles. The van der Waals surface area contributed by atoms with Crippen molar-refractivity contribution in [1.29, 1.82) is 0 Å². The van der Waals surface area contributed by atoms with Gasteiger partial charge in [0, 0.05) is 12.6 Å². The van der Waals surface area contributed by atoms with Gasteiger partial charge in [-0.2, -0.15) is 13.2 Å². The summed E-state index contributed by atoms with van der Waals surface area (Å²) in [7, 11) is 0. The summed E-state index contributed by atoms with van der Waals surface area (Å²) in [5.74, 6) is -2.26. The summed E-state index contributed by atoms with van der Waals surface area (Å²) in [5, 5.41) is 2.56. The van der Waals surface area contributed by atoms with Crippen molar-refractivity contribution in [2.24, 2.45) is 0 Å². The lowest BCUT2D eigenvalue weighted by molar-refractivity contribution is -0.274. The van der Waals surface area contributed by atoms with E-state index in [0.717, 1.165) is 24.3 Å². The maximum atomic E-state index is 12.8. The Bertz CT molecular complexity index is 434. The first-order valence-electron chi connectivity index (χ1n) is 5.32. The molecule has 1 aromatic carbocycles. The van der Waals surface area contributed by atoms with Gasteiger partial charge in [0.05, 0.1) is 5.92 Å². The number of hydrogen-bond acceptors (Lipinski definition) is 2. The molecular formula is C11H9F6NO. The zero-order valence-electron chi connectivity index (χ0n) is 9.35. The lowest BCUT2D eigenvalue weighted by Crippen LogP contribution is -2.27.